The minimum Gasteiger partial charge on any atom is -0.384 e. The van der Waals surface area contributed by atoms with Gasteiger partial charge < -0.3 is 5.11 Å². The summed E-state index contributed by atoms with van der Waals surface area (Å²) in [5.74, 6) is -1.01. The minimum absolute atomic E-state index is 0.124. The molecule has 1 nitrogen and oxygen atoms in total. The van der Waals surface area contributed by atoms with Gasteiger partial charge in [0.25, 0.3) is 0 Å². The number of hydrogen-bond acceptors (Lipinski definition) is 1. The van der Waals surface area contributed by atoms with E-state index in [1.165, 1.54) is 30.3 Å². The maximum Gasteiger partial charge on any atom is 0.137 e. The smallest absolute Gasteiger partial charge is 0.137 e. The van der Waals surface area contributed by atoms with Crippen LogP contribution in [0, 0.1) is 11.6 Å². The van der Waals surface area contributed by atoms with Gasteiger partial charge in [-0.25, -0.2) is 8.78 Å². The normalized spacial score (nSPS) is 12.5. The molecule has 0 aliphatic carbocycles. The molecule has 4 heteroatoms. The summed E-state index contributed by atoms with van der Waals surface area (Å²) in [7, 11) is 0. The average molecular weight is 299 g/mol. The quantitative estimate of drug-likeness (QED) is 0.894. The van der Waals surface area contributed by atoms with E-state index in [2.05, 4.69) is 15.9 Å². The van der Waals surface area contributed by atoms with Crippen molar-refractivity contribution in [2.24, 2.45) is 0 Å². The van der Waals surface area contributed by atoms with Crippen molar-refractivity contribution in [1.82, 2.24) is 0 Å². The summed E-state index contributed by atoms with van der Waals surface area (Å²) in [4.78, 5) is 0. The zero-order valence-corrected chi connectivity index (χ0v) is 10.3. The van der Waals surface area contributed by atoms with Gasteiger partial charge in [0.05, 0.1) is 4.47 Å². The van der Waals surface area contributed by atoms with Crippen LogP contribution in [0.15, 0.2) is 46.9 Å². The van der Waals surface area contributed by atoms with E-state index in [0.29, 0.717) is 5.56 Å². The van der Waals surface area contributed by atoms with Crippen LogP contribution in [0.25, 0.3) is 0 Å². The molecule has 0 bridgehead atoms. The van der Waals surface area contributed by atoms with Crippen LogP contribution in [-0.4, -0.2) is 5.11 Å². The van der Waals surface area contributed by atoms with Crippen LogP contribution in [0.1, 0.15) is 17.2 Å². The number of aliphatic hydroxyl groups excluding tert-OH is 1. The Morgan fingerprint density at radius 1 is 0.882 bits per heavy atom. The Labute approximate surface area is 106 Å². The average Bonchev–Trinajstić information content (AvgIpc) is 2.32. The molecule has 2 rings (SSSR count). The van der Waals surface area contributed by atoms with Crippen LogP contribution in [0.3, 0.4) is 0 Å². The zero-order chi connectivity index (χ0) is 12.4. The Balaban J connectivity index is 2.48. The lowest BCUT2D eigenvalue weighted by molar-refractivity contribution is 0.213. The summed E-state index contributed by atoms with van der Waals surface area (Å²) >= 11 is 3.05. The van der Waals surface area contributed by atoms with E-state index >= 15 is 0 Å². The van der Waals surface area contributed by atoms with Crippen LogP contribution in [-0.2, 0) is 0 Å². The first-order valence-electron chi connectivity index (χ1n) is 4.97. The van der Waals surface area contributed by atoms with Crippen molar-refractivity contribution in [1.29, 1.82) is 0 Å². The van der Waals surface area contributed by atoms with Crippen LogP contribution in [0.4, 0.5) is 8.78 Å². The standard InChI is InChI=1S/C13H9BrF2O/c14-12-9(5-3-7-11(12)16)13(17)8-4-1-2-6-10(8)15/h1-7,13,17H. The molecule has 0 radical (unpaired) electrons. The first kappa shape index (κ1) is 12.2. The summed E-state index contributed by atoms with van der Waals surface area (Å²) in [6.45, 7) is 0. The van der Waals surface area contributed by atoms with Gasteiger partial charge in [-0.05, 0) is 28.1 Å². The molecule has 0 saturated heterocycles. The first-order chi connectivity index (χ1) is 8.11. The molecule has 0 saturated carbocycles. The van der Waals surface area contributed by atoms with Gasteiger partial charge in [0.15, 0.2) is 0 Å². The lowest BCUT2D eigenvalue weighted by Gasteiger charge is -2.14. The molecule has 1 atom stereocenters. The molecule has 0 fully saturated rings. The van der Waals surface area contributed by atoms with Gasteiger partial charge >= 0.3 is 0 Å². The van der Waals surface area contributed by atoms with Gasteiger partial charge in [-0.3, -0.25) is 0 Å². The number of aliphatic hydroxyl groups is 1. The molecule has 2 aromatic rings. The monoisotopic (exact) mass is 298 g/mol. The number of benzene rings is 2. The van der Waals surface area contributed by atoms with Crippen molar-refractivity contribution in [3.63, 3.8) is 0 Å². The largest absolute Gasteiger partial charge is 0.384 e. The second-order valence-electron chi connectivity index (χ2n) is 3.57. The molecule has 0 amide bonds. The van der Waals surface area contributed by atoms with Crippen LogP contribution < -0.4 is 0 Å². The first-order valence-corrected chi connectivity index (χ1v) is 5.77. The molecule has 2 aromatic carbocycles. The summed E-state index contributed by atoms with van der Waals surface area (Å²) in [6.07, 6.45) is -1.19. The van der Waals surface area contributed by atoms with Crippen LogP contribution in [0.5, 0.6) is 0 Å². The Hall–Kier alpha value is -1.26. The van der Waals surface area contributed by atoms with Gasteiger partial charge in [0.2, 0.25) is 0 Å². The zero-order valence-electron chi connectivity index (χ0n) is 8.70. The highest BCUT2D eigenvalue weighted by molar-refractivity contribution is 9.10. The fourth-order valence-electron chi connectivity index (χ4n) is 1.60. The van der Waals surface area contributed by atoms with Crippen molar-refractivity contribution in [3.8, 4) is 0 Å². The van der Waals surface area contributed by atoms with E-state index < -0.39 is 17.7 Å². The van der Waals surface area contributed by atoms with E-state index in [9.17, 15) is 13.9 Å². The highest BCUT2D eigenvalue weighted by Gasteiger charge is 2.18. The Kier molecular flexibility index (Phi) is 3.54. The molecular formula is C13H9BrF2O. The third-order valence-electron chi connectivity index (χ3n) is 2.48. The topological polar surface area (TPSA) is 20.2 Å². The summed E-state index contributed by atoms with van der Waals surface area (Å²) in [5, 5.41) is 10.0. The summed E-state index contributed by atoms with van der Waals surface area (Å²) in [6, 6.07) is 10.2. The molecule has 0 spiro atoms. The van der Waals surface area contributed by atoms with Crippen molar-refractivity contribution in [2.75, 3.05) is 0 Å². The van der Waals surface area contributed by atoms with Crippen LogP contribution >= 0.6 is 15.9 Å². The molecule has 88 valence electrons. The fraction of sp³-hybridized carbons (Fsp3) is 0.0769. The van der Waals surface area contributed by atoms with Crippen LogP contribution in [0.2, 0.25) is 0 Å². The third kappa shape index (κ3) is 2.37. The second-order valence-corrected chi connectivity index (χ2v) is 4.36. The third-order valence-corrected chi connectivity index (χ3v) is 3.31. The number of hydrogen-bond donors (Lipinski definition) is 1. The van der Waals surface area contributed by atoms with Gasteiger partial charge in [0, 0.05) is 11.1 Å². The van der Waals surface area contributed by atoms with Gasteiger partial charge in [-0.15, -0.1) is 0 Å². The van der Waals surface area contributed by atoms with Crippen molar-refractivity contribution in [3.05, 3.63) is 69.7 Å². The molecule has 0 aromatic heterocycles. The molecular weight excluding hydrogens is 290 g/mol. The predicted molar refractivity (Wildman–Crippen MR) is 64.6 cm³/mol. The maximum atomic E-state index is 13.5. The number of halogens is 3. The van der Waals surface area contributed by atoms with E-state index in [4.69, 9.17) is 0 Å². The highest BCUT2D eigenvalue weighted by Crippen LogP contribution is 2.31. The van der Waals surface area contributed by atoms with E-state index in [1.807, 2.05) is 0 Å². The molecule has 0 heterocycles. The van der Waals surface area contributed by atoms with E-state index in [0.717, 1.165) is 0 Å². The molecule has 0 aliphatic rings. The van der Waals surface area contributed by atoms with Gasteiger partial charge in [-0.1, -0.05) is 30.3 Å². The van der Waals surface area contributed by atoms with E-state index in [-0.39, 0.29) is 10.0 Å². The number of rotatable bonds is 2. The molecule has 1 unspecified atom stereocenters. The Morgan fingerprint density at radius 2 is 1.47 bits per heavy atom. The Bertz CT molecular complexity index is 543. The lowest BCUT2D eigenvalue weighted by Crippen LogP contribution is -2.04. The molecule has 0 aliphatic heterocycles. The van der Waals surface area contributed by atoms with Crippen molar-refractivity contribution in [2.45, 2.75) is 6.10 Å². The van der Waals surface area contributed by atoms with Gasteiger partial charge in [-0.2, -0.15) is 0 Å². The van der Waals surface area contributed by atoms with Crippen molar-refractivity contribution >= 4 is 15.9 Å². The molecule has 1 N–H and O–H groups in total. The highest BCUT2D eigenvalue weighted by atomic mass is 79.9. The predicted octanol–water partition coefficient (Wildman–Crippen LogP) is 3.81. The SMILES string of the molecule is OC(c1ccccc1F)c1cccc(F)c1Br. The van der Waals surface area contributed by atoms with Gasteiger partial charge in [0.1, 0.15) is 17.7 Å². The Morgan fingerprint density at radius 3 is 2.18 bits per heavy atom. The van der Waals surface area contributed by atoms with E-state index in [1.54, 1.807) is 12.1 Å². The lowest BCUT2D eigenvalue weighted by atomic mass is 10.0. The fourth-order valence-corrected chi connectivity index (χ4v) is 2.08. The summed E-state index contributed by atoms with van der Waals surface area (Å²) < 4.78 is 26.9. The second kappa shape index (κ2) is 4.94. The minimum atomic E-state index is -1.19. The van der Waals surface area contributed by atoms with Crippen molar-refractivity contribution < 1.29 is 13.9 Å². The molecule has 17 heavy (non-hydrogen) atoms. The summed E-state index contributed by atoms with van der Waals surface area (Å²) in [5.41, 5.74) is 0.425. The maximum absolute atomic E-state index is 13.5.